The van der Waals surface area contributed by atoms with Gasteiger partial charge in [0.05, 0.1) is 0 Å². The molecule has 10 heavy (non-hydrogen) atoms. The molecule has 1 aliphatic rings. The first-order valence-corrected chi connectivity index (χ1v) is 4.12. The predicted octanol–water partition coefficient (Wildman–Crippen LogP) is 0.772. The van der Waals surface area contributed by atoms with Crippen LogP contribution in [0.15, 0.2) is 0 Å². The van der Waals surface area contributed by atoms with Crippen LogP contribution in [-0.4, -0.2) is 24.3 Å². The Balaban J connectivity index is 2.25. The van der Waals surface area contributed by atoms with E-state index in [1.807, 2.05) is 0 Å². The molecule has 1 rings (SSSR count). The van der Waals surface area contributed by atoms with Crippen LogP contribution < -0.4 is 5.32 Å². The van der Waals surface area contributed by atoms with Crippen molar-refractivity contribution in [2.24, 2.45) is 5.92 Å². The van der Waals surface area contributed by atoms with Crippen molar-refractivity contribution in [2.45, 2.75) is 32.2 Å². The van der Waals surface area contributed by atoms with Crippen molar-refractivity contribution in [3.05, 3.63) is 0 Å². The standard InChI is InChI=1S/C8H16NO/c1-7-3-2-5-9-8(7)4-6-10/h7-8,10H,2-6H2,1H3. The highest BCUT2D eigenvalue weighted by molar-refractivity contribution is 4.77. The summed E-state index contributed by atoms with van der Waals surface area (Å²) in [5.74, 6) is 0.695. The van der Waals surface area contributed by atoms with Gasteiger partial charge in [-0.15, -0.1) is 0 Å². The summed E-state index contributed by atoms with van der Waals surface area (Å²) in [7, 11) is 0. The van der Waals surface area contributed by atoms with Crippen molar-refractivity contribution in [1.82, 2.24) is 5.32 Å². The molecule has 0 spiro atoms. The van der Waals surface area contributed by atoms with Crippen LogP contribution in [0.3, 0.4) is 0 Å². The van der Waals surface area contributed by atoms with E-state index in [2.05, 4.69) is 12.2 Å². The third kappa shape index (κ3) is 1.96. The summed E-state index contributed by atoms with van der Waals surface area (Å²) < 4.78 is 0. The molecule has 1 heterocycles. The molecule has 0 aliphatic carbocycles. The van der Waals surface area contributed by atoms with Gasteiger partial charge in [0.25, 0.3) is 0 Å². The molecule has 2 heteroatoms. The Labute approximate surface area is 62.6 Å². The van der Waals surface area contributed by atoms with E-state index in [0.717, 1.165) is 13.0 Å². The van der Waals surface area contributed by atoms with Gasteiger partial charge in [0.1, 0.15) is 0 Å². The quantitative estimate of drug-likeness (QED) is 0.607. The molecule has 0 aromatic heterocycles. The Morgan fingerprint density at radius 3 is 3.00 bits per heavy atom. The second-order valence-electron chi connectivity index (χ2n) is 3.11. The fourth-order valence-corrected chi connectivity index (χ4v) is 1.55. The van der Waals surface area contributed by atoms with Crippen LogP contribution in [0.5, 0.6) is 0 Å². The van der Waals surface area contributed by atoms with E-state index in [9.17, 15) is 0 Å². The molecule has 1 radical (unpaired) electrons. The molecular weight excluding hydrogens is 126 g/mol. The molecule has 2 unspecified atom stereocenters. The van der Waals surface area contributed by atoms with Gasteiger partial charge in [-0.05, 0) is 25.2 Å². The zero-order chi connectivity index (χ0) is 7.40. The first-order valence-electron chi connectivity index (χ1n) is 4.12. The number of rotatable bonds is 2. The van der Waals surface area contributed by atoms with Crippen molar-refractivity contribution in [3.8, 4) is 0 Å². The van der Waals surface area contributed by atoms with Crippen LogP contribution in [0.25, 0.3) is 0 Å². The molecule has 2 nitrogen and oxygen atoms in total. The third-order valence-corrected chi connectivity index (χ3v) is 2.26. The first kappa shape index (κ1) is 8.02. The van der Waals surface area contributed by atoms with Crippen LogP contribution in [0.2, 0.25) is 0 Å². The van der Waals surface area contributed by atoms with Gasteiger partial charge in [0, 0.05) is 19.2 Å². The van der Waals surface area contributed by atoms with Crippen LogP contribution in [-0.2, 0) is 0 Å². The van der Waals surface area contributed by atoms with E-state index in [-0.39, 0.29) is 0 Å². The number of nitrogens with zero attached hydrogens (tertiary/aromatic N) is 1. The van der Waals surface area contributed by atoms with Crippen molar-refractivity contribution >= 4 is 0 Å². The summed E-state index contributed by atoms with van der Waals surface area (Å²) in [6, 6.07) is 0.443. The summed E-state index contributed by atoms with van der Waals surface area (Å²) in [5.41, 5.74) is 0. The maximum atomic E-state index is 8.68. The number of hydrogen-bond donors (Lipinski definition) is 1. The molecule has 0 amide bonds. The maximum absolute atomic E-state index is 8.68. The van der Waals surface area contributed by atoms with Gasteiger partial charge in [0.2, 0.25) is 0 Å². The highest BCUT2D eigenvalue weighted by atomic mass is 16.3. The topological polar surface area (TPSA) is 34.3 Å². The van der Waals surface area contributed by atoms with Crippen molar-refractivity contribution < 1.29 is 5.11 Å². The van der Waals surface area contributed by atoms with E-state index in [0.29, 0.717) is 18.6 Å². The molecule has 1 saturated heterocycles. The molecule has 2 atom stereocenters. The zero-order valence-electron chi connectivity index (χ0n) is 6.58. The lowest BCUT2D eigenvalue weighted by molar-refractivity contribution is 0.213. The molecule has 59 valence electrons. The maximum Gasteiger partial charge on any atom is 0.0446 e. The Morgan fingerprint density at radius 2 is 2.40 bits per heavy atom. The molecule has 0 aromatic rings. The van der Waals surface area contributed by atoms with E-state index in [4.69, 9.17) is 5.11 Å². The van der Waals surface area contributed by atoms with E-state index in [1.54, 1.807) is 0 Å². The van der Waals surface area contributed by atoms with Gasteiger partial charge in [0.15, 0.2) is 0 Å². The minimum atomic E-state index is 0.290. The summed E-state index contributed by atoms with van der Waals surface area (Å²) in [5, 5.41) is 13.1. The SMILES string of the molecule is CC1CCC[N]C1CCO. The Hall–Kier alpha value is -0.0800. The molecule has 0 aromatic carbocycles. The van der Waals surface area contributed by atoms with E-state index >= 15 is 0 Å². The number of piperidine rings is 1. The summed E-state index contributed by atoms with van der Waals surface area (Å²) in [6.45, 7) is 3.52. The van der Waals surface area contributed by atoms with Gasteiger partial charge in [-0.1, -0.05) is 6.92 Å². The second-order valence-corrected chi connectivity index (χ2v) is 3.11. The summed E-state index contributed by atoms with van der Waals surface area (Å²) >= 11 is 0. The monoisotopic (exact) mass is 142 g/mol. The van der Waals surface area contributed by atoms with Crippen LogP contribution in [0, 0.1) is 5.92 Å². The Morgan fingerprint density at radius 1 is 1.60 bits per heavy atom. The van der Waals surface area contributed by atoms with Gasteiger partial charge >= 0.3 is 0 Å². The molecule has 1 fully saturated rings. The Kier molecular flexibility index (Phi) is 3.16. The van der Waals surface area contributed by atoms with Gasteiger partial charge in [-0.3, -0.25) is 0 Å². The number of aliphatic hydroxyl groups excluding tert-OH is 1. The molecule has 1 N–H and O–H groups in total. The largest absolute Gasteiger partial charge is 0.396 e. The van der Waals surface area contributed by atoms with E-state index in [1.165, 1.54) is 12.8 Å². The van der Waals surface area contributed by atoms with E-state index < -0.39 is 0 Å². The molecule has 0 bridgehead atoms. The van der Waals surface area contributed by atoms with Crippen molar-refractivity contribution in [1.29, 1.82) is 0 Å². The zero-order valence-corrected chi connectivity index (χ0v) is 6.58. The van der Waals surface area contributed by atoms with Crippen molar-refractivity contribution in [3.63, 3.8) is 0 Å². The minimum absolute atomic E-state index is 0.290. The Bertz CT molecular complexity index is 93.3. The fourth-order valence-electron chi connectivity index (χ4n) is 1.55. The van der Waals surface area contributed by atoms with Gasteiger partial charge in [-0.25, -0.2) is 5.32 Å². The fraction of sp³-hybridized carbons (Fsp3) is 1.00. The summed E-state index contributed by atoms with van der Waals surface area (Å²) in [4.78, 5) is 0. The highest BCUT2D eigenvalue weighted by Crippen LogP contribution is 2.18. The average Bonchev–Trinajstić information content (AvgIpc) is 1.94. The molecule has 1 aliphatic heterocycles. The lowest BCUT2D eigenvalue weighted by atomic mass is 9.91. The lowest BCUT2D eigenvalue weighted by Crippen LogP contribution is -2.35. The first-order chi connectivity index (χ1) is 4.84. The number of hydrogen-bond acceptors (Lipinski definition) is 1. The van der Waals surface area contributed by atoms with Crippen molar-refractivity contribution in [2.75, 3.05) is 13.2 Å². The minimum Gasteiger partial charge on any atom is -0.396 e. The highest BCUT2D eigenvalue weighted by Gasteiger charge is 2.20. The van der Waals surface area contributed by atoms with Crippen LogP contribution in [0.1, 0.15) is 26.2 Å². The smallest absolute Gasteiger partial charge is 0.0446 e. The van der Waals surface area contributed by atoms with Gasteiger partial charge < -0.3 is 5.11 Å². The third-order valence-electron chi connectivity index (χ3n) is 2.26. The lowest BCUT2D eigenvalue weighted by Gasteiger charge is -2.27. The second kappa shape index (κ2) is 3.94. The number of aliphatic hydroxyl groups is 1. The van der Waals surface area contributed by atoms with Crippen LogP contribution in [0.4, 0.5) is 0 Å². The predicted molar refractivity (Wildman–Crippen MR) is 40.9 cm³/mol. The molecular formula is C8H16NO. The summed E-state index contributed by atoms with van der Waals surface area (Å²) in [6.07, 6.45) is 3.39. The normalized spacial score (nSPS) is 34.2. The van der Waals surface area contributed by atoms with Crippen LogP contribution >= 0.6 is 0 Å². The van der Waals surface area contributed by atoms with Gasteiger partial charge in [-0.2, -0.15) is 0 Å². The average molecular weight is 142 g/mol. The molecule has 0 saturated carbocycles.